The van der Waals surface area contributed by atoms with Gasteiger partial charge in [-0.05, 0) is 19.1 Å². The molecular formula is C9H10O. The second-order valence-electron chi connectivity index (χ2n) is 2.01. The van der Waals surface area contributed by atoms with Gasteiger partial charge in [-0.3, -0.25) is 0 Å². The quantitative estimate of drug-likeness (QED) is 0.565. The molecule has 1 heteroatoms. The van der Waals surface area contributed by atoms with Crippen LogP contribution in [0.15, 0.2) is 22.8 Å². The van der Waals surface area contributed by atoms with Gasteiger partial charge in [-0.15, -0.1) is 11.8 Å². The largest absolute Gasteiger partial charge is 0.469 e. The number of rotatable bonds is 2. The van der Waals surface area contributed by atoms with Crippen molar-refractivity contribution in [2.45, 2.75) is 19.8 Å². The highest BCUT2D eigenvalue weighted by molar-refractivity contribution is 5.03. The van der Waals surface area contributed by atoms with Crippen LogP contribution in [-0.2, 0) is 6.42 Å². The predicted octanol–water partition coefficient (Wildman–Crippen LogP) is 2.24. The van der Waals surface area contributed by atoms with Crippen molar-refractivity contribution in [3.8, 4) is 11.8 Å². The number of hydrogen-bond donors (Lipinski definition) is 0. The Morgan fingerprint density at radius 3 is 3.10 bits per heavy atom. The summed E-state index contributed by atoms with van der Waals surface area (Å²) in [6, 6.07) is 3.87. The van der Waals surface area contributed by atoms with Gasteiger partial charge < -0.3 is 4.42 Å². The summed E-state index contributed by atoms with van der Waals surface area (Å²) in [6.07, 6.45) is 3.51. The molecule has 0 spiro atoms. The Hall–Kier alpha value is -1.16. The summed E-state index contributed by atoms with van der Waals surface area (Å²) in [6.45, 7) is 1.85. The maximum Gasteiger partial charge on any atom is 0.104 e. The van der Waals surface area contributed by atoms with Crippen molar-refractivity contribution in [1.82, 2.24) is 0 Å². The van der Waals surface area contributed by atoms with Crippen LogP contribution < -0.4 is 0 Å². The normalized spacial score (nSPS) is 8.50. The fourth-order valence-corrected chi connectivity index (χ4v) is 0.766. The zero-order chi connectivity index (χ0) is 7.23. The fourth-order valence-electron chi connectivity index (χ4n) is 0.766. The van der Waals surface area contributed by atoms with E-state index in [-0.39, 0.29) is 0 Å². The van der Waals surface area contributed by atoms with Gasteiger partial charge in [0.2, 0.25) is 0 Å². The van der Waals surface area contributed by atoms with Gasteiger partial charge in [0.1, 0.15) is 5.76 Å². The molecule has 1 rings (SSSR count). The standard InChI is InChI=1S/C9H10O/c1-2-3-4-6-9-7-5-8-10-9/h5,7-8H,4,6H2,1H3. The van der Waals surface area contributed by atoms with E-state index in [0.29, 0.717) is 0 Å². The first-order valence-corrected chi connectivity index (χ1v) is 3.35. The maximum absolute atomic E-state index is 5.11. The maximum atomic E-state index is 5.11. The summed E-state index contributed by atoms with van der Waals surface area (Å²) in [5.41, 5.74) is 0. The fraction of sp³-hybridized carbons (Fsp3) is 0.333. The Balaban J connectivity index is 2.32. The van der Waals surface area contributed by atoms with E-state index in [1.165, 1.54) is 0 Å². The van der Waals surface area contributed by atoms with Crippen LogP contribution in [0.5, 0.6) is 0 Å². The van der Waals surface area contributed by atoms with Crippen LogP contribution in [-0.4, -0.2) is 0 Å². The highest BCUT2D eigenvalue weighted by Crippen LogP contribution is 2.01. The molecule has 0 aromatic carbocycles. The first-order chi connectivity index (χ1) is 4.93. The molecule has 0 aliphatic carbocycles. The van der Waals surface area contributed by atoms with Gasteiger partial charge in [-0.2, -0.15) is 0 Å². The molecule has 0 saturated carbocycles. The van der Waals surface area contributed by atoms with Gasteiger partial charge in [-0.1, -0.05) is 0 Å². The van der Waals surface area contributed by atoms with E-state index in [4.69, 9.17) is 4.42 Å². The lowest BCUT2D eigenvalue weighted by atomic mass is 10.2. The minimum atomic E-state index is 0.893. The summed E-state index contributed by atoms with van der Waals surface area (Å²) in [7, 11) is 0. The third-order valence-corrected chi connectivity index (χ3v) is 1.25. The van der Waals surface area contributed by atoms with Crippen molar-refractivity contribution < 1.29 is 4.42 Å². The second kappa shape index (κ2) is 3.79. The first-order valence-electron chi connectivity index (χ1n) is 3.35. The molecule has 0 N–H and O–H groups in total. The summed E-state index contributed by atoms with van der Waals surface area (Å²) < 4.78 is 5.11. The molecule has 0 aliphatic heterocycles. The van der Waals surface area contributed by atoms with Crippen molar-refractivity contribution in [1.29, 1.82) is 0 Å². The third kappa shape index (κ3) is 1.99. The monoisotopic (exact) mass is 134 g/mol. The third-order valence-electron chi connectivity index (χ3n) is 1.25. The lowest BCUT2D eigenvalue weighted by molar-refractivity contribution is 0.511. The first kappa shape index (κ1) is 6.95. The van der Waals surface area contributed by atoms with E-state index in [9.17, 15) is 0 Å². The van der Waals surface area contributed by atoms with Crippen molar-refractivity contribution in [2.24, 2.45) is 0 Å². The highest BCUT2D eigenvalue weighted by atomic mass is 16.3. The van der Waals surface area contributed by atoms with Gasteiger partial charge in [-0.25, -0.2) is 0 Å². The lowest BCUT2D eigenvalue weighted by Gasteiger charge is -1.86. The van der Waals surface area contributed by atoms with Crippen molar-refractivity contribution in [3.05, 3.63) is 24.2 Å². The molecule has 0 aliphatic rings. The summed E-state index contributed by atoms with van der Waals surface area (Å²) in [5.74, 6) is 6.83. The van der Waals surface area contributed by atoms with Crippen LogP contribution in [0.2, 0.25) is 0 Å². The molecule has 52 valence electrons. The molecule has 1 nitrogen and oxygen atoms in total. The van der Waals surface area contributed by atoms with Crippen LogP contribution in [0, 0.1) is 11.8 Å². The molecule has 0 saturated heterocycles. The Kier molecular flexibility index (Phi) is 2.63. The van der Waals surface area contributed by atoms with E-state index < -0.39 is 0 Å². The van der Waals surface area contributed by atoms with Crippen LogP contribution in [0.4, 0.5) is 0 Å². The zero-order valence-electron chi connectivity index (χ0n) is 6.05. The van der Waals surface area contributed by atoms with E-state index in [0.717, 1.165) is 18.6 Å². The molecule has 0 fully saturated rings. The van der Waals surface area contributed by atoms with Gasteiger partial charge in [0, 0.05) is 12.8 Å². The predicted molar refractivity (Wildman–Crippen MR) is 40.5 cm³/mol. The molecule has 1 aromatic rings. The second-order valence-corrected chi connectivity index (χ2v) is 2.01. The van der Waals surface area contributed by atoms with Crippen molar-refractivity contribution in [3.63, 3.8) is 0 Å². The lowest BCUT2D eigenvalue weighted by Crippen LogP contribution is -1.76. The molecule has 0 atom stereocenters. The molecule has 0 amide bonds. The highest BCUT2D eigenvalue weighted by Gasteiger charge is 1.90. The van der Waals surface area contributed by atoms with Gasteiger partial charge in [0.05, 0.1) is 6.26 Å². The summed E-state index contributed by atoms with van der Waals surface area (Å²) >= 11 is 0. The van der Waals surface area contributed by atoms with Crippen molar-refractivity contribution in [2.75, 3.05) is 0 Å². The Bertz CT molecular complexity index is 223. The average Bonchev–Trinajstić information content (AvgIpc) is 2.41. The summed E-state index contributed by atoms with van der Waals surface area (Å²) in [4.78, 5) is 0. The Labute approximate surface area is 61.0 Å². The van der Waals surface area contributed by atoms with Gasteiger partial charge >= 0.3 is 0 Å². The molecule has 1 heterocycles. The minimum absolute atomic E-state index is 0.893. The van der Waals surface area contributed by atoms with E-state index >= 15 is 0 Å². The smallest absolute Gasteiger partial charge is 0.104 e. The van der Waals surface area contributed by atoms with Crippen LogP contribution in [0.1, 0.15) is 19.1 Å². The minimum Gasteiger partial charge on any atom is -0.469 e. The molecular weight excluding hydrogens is 124 g/mol. The molecule has 0 radical (unpaired) electrons. The number of hydrogen-bond acceptors (Lipinski definition) is 1. The SMILES string of the molecule is CC#CCCc1ccco1. The van der Waals surface area contributed by atoms with Crippen molar-refractivity contribution >= 4 is 0 Å². The van der Waals surface area contributed by atoms with Crippen LogP contribution in [0.3, 0.4) is 0 Å². The Morgan fingerprint density at radius 2 is 2.50 bits per heavy atom. The van der Waals surface area contributed by atoms with Gasteiger partial charge in [0.15, 0.2) is 0 Å². The van der Waals surface area contributed by atoms with Gasteiger partial charge in [0.25, 0.3) is 0 Å². The topological polar surface area (TPSA) is 13.1 Å². The molecule has 10 heavy (non-hydrogen) atoms. The van der Waals surface area contributed by atoms with E-state index in [1.54, 1.807) is 6.26 Å². The zero-order valence-corrected chi connectivity index (χ0v) is 6.05. The number of aryl methyl sites for hydroxylation is 1. The van der Waals surface area contributed by atoms with E-state index in [1.807, 2.05) is 19.1 Å². The molecule has 0 bridgehead atoms. The molecule has 0 unspecified atom stereocenters. The number of furan rings is 1. The van der Waals surface area contributed by atoms with Crippen LogP contribution in [0.25, 0.3) is 0 Å². The van der Waals surface area contributed by atoms with E-state index in [2.05, 4.69) is 11.8 Å². The Morgan fingerprint density at radius 1 is 1.60 bits per heavy atom. The molecule has 1 aromatic heterocycles. The summed E-state index contributed by atoms with van der Waals surface area (Å²) in [5, 5.41) is 0. The van der Waals surface area contributed by atoms with Crippen LogP contribution >= 0.6 is 0 Å². The average molecular weight is 134 g/mol.